The molecule has 1 fully saturated rings. The summed E-state index contributed by atoms with van der Waals surface area (Å²) in [6, 6.07) is -0.419. The highest BCUT2D eigenvalue weighted by Gasteiger charge is 2.69. The number of fused-ring (bicyclic) bond motifs is 2. The van der Waals surface area contributed by atoms with Crippen LogP contribution in [-0.2, 0) is 19.8 Å². The van der Waals surface area contributed by atoms with E-state index in [2.05, 4.69) is 10.3 Å². The maximum Gasteiger partial charge on any atom is 0.276 e. The monoisotopic (exact) mass is 512 g/mol. The Labute approximate surface area is 203 Å². The molecule has 1 saturated heterocycles. The van der Waals surface area contributed by atoms with Gasteiger partial charge in [-0.15, -0.1) is 11.3 Å². The number of allylic oxidation sites excluding steroid dienone is 3. The first-order valence-corrected chi connectivity index (χ1v) is 13.8. The summed E-state index contributed by atoms with van der Waals surface area (Å²) in [6.45, 7) is 4.82. The van der Waals surface area contributed by atoms with Crippen LogP contribution in [0.25, 0.3) is 6.08 Å². The smallest absolute Gasteiger partial charge is 0.276 e. The molecule has 2 aliphatic heterocycles. The van der Waals surface area contributed by atoms with Crippen molar-refractivity contribution < 1.29 is 29.5 Å². The second-order valence-electron chi connectivity index (χ2n) is 8.49. The van der Waals surface area contributed by atoms with Crippen molar-refractivity contribution in [1.29, 1.82) is 0 Å². The molecular formula is C22H28N2O6S3. The summed E-state index contributed by atoms with van der Waals surface area (Å²) in [4.78, 5) is 29.9. The van der Waals surface area contributed by atoms with Gasteiger partial charge >= 0.3 is 0 Å². The molecule has 1 amide bonds. The molecule has 33 heavy (non-hydrogen) atoms. The quantitative estimate of drug-likeness (QED) is 0.235. The Bertz CT molecular complexity index is 989. The molecule has 4 N–H and O–H groups in total. The molecule has 3 rings (SSSR count). The van der Waals surface area contributed by atoms with Gasteiger partial charge in [-0.2, -0.15) is 0 Å². The summed E-state index contributed by atoms with van der Waals surface area (Å²) in [5.41, 5.74) is -0.624. The number of hydrogen-bond acceptors (Lipinski definition) is 9. The number of rotatable bonds is 0. The molecule has 1 aromatic rings. The Hall–Kier alpha value is -1.47. The van der Waals surface area contributed by atoms with Crippen LogP contribution in [0.4, 0.5) is 0 Å². The molecule has 1 aromatic heterocycles. The lowest BCUT2D eigenvalue weighted by molar-refractivity contribution is -0.132. The van der Waals surface area contributed by atoms with Crippen LogP contribution in [0.5, 0.6) is 0 Å². The molecule has 8 nitrogen and oxygen atoms in total. The minimum Gasteiger partial charge on any atom is -0.604 e. The summed E-state index contributed by atoms with van der Waals surface area (Å²) in [5, 5.41) is 36.2. The summed E-state index contributed by atoms with van der Waals surface area (Å²) in [6.07, 6.45) is 5.71. The van der Waals surface area contributed by atoms with Gasteiger partial charge in [-0.25, -0.2) is 4.98 Å². The molecule has 3 heterocycles. The SMILES string of the molecule is C/C1=C\[C@@H](O)[C@@H](O)/C=C/C=C\c2csc(n2)[C@@H](C)NC(=O)C[C@@]2(CC1)[S+]([O-])SC(=O)[C@]2(C)O. The predicted octanol–water partition coefficient (Wildman–Crippen LogP) is 2.17. The number of aliphatic hydroxyl groups excluding tert-OH is 2. The van der Waals surface area contributed by atoms with Crippen molar-refractivity contribution in [3.63, 3.8) is 0 Å². The normalized spacial score (nSPS) is 39.9. The van der Waals surface area contributed by atoms with Crippen LogP contribution in [0.15, 0.2) is 35.3 Å². The third kappa shape index (κ3) is 5.61. The van der Waals surface area contributed by atoms with Crippen molar-refractivity contribution in [2.45, 2.75) is 68.6 Å². The van der Waals surface area contributed by atoms with Gasteiger partial charge in [0.2, 0.25) is 5.91 Å². The standard InChI is InChI=1S/C22H28N2O6S3/c1-13-8-9-22(21(3,29)20(28)32-33(22)30)11-18(27)23-14(2)19-24-15(12-31-19)6-4-5-7-16(25)17(26)10-13/h4-7,10,12,14,16-17,25-26,29H,8-9,11H2,1-3H3,(H,23,27)/b6-4-,7-5+,13-10+/t14-,16+,17-,21+,22-,33?/m1/s1. The zero-order chi connectivity index (χ0) is 24.4. The number of aliphatic hydroxyl groups is 3. The third-order valence-corrected chi connectivity index (χ3v) is 10.9. The number of nitrogens with one attached hydrogen (secondary N) is 1. The largest absolute Gasteiger partial charge is 0.604 e. The Kier molecular flexibility index (Phi) is 8.26. The number of amides is 1. The molecule has 11 heteroatoms. The van der Waals surface area contributed by atoms with Crippen molar-refractivity contribution >= 4 is 49.4 Å². The van der Waals surface area contributed by atoms with Crippen molar-refractivity contribution in [2.24, 2.45) is 0 Å². The zero-order valence-corrected chi connectivity index (χ0v) is 21.0. The molecule has 2 aliphatic rings. The van der Waals surface area contributed by atoms with Gasteiger partial charge in [0, 0.05) is 22.0 Å². The van der Waals surface area contributed by atoms with Crippen molar-refractivity contribution in [1.82, 2.24) is 10.3 Å². The van der Waals surface area contributed by atoms with Gasteiger partial charge < -0.3 is 25.2 Å². The molecule has 0 radical (unpaired) electrons. The molecule has 1 unspecified atom stereocenters. The van der Waals surface area contributed by atoms with E-state index in [1.807, 2.05) is 5.38 Å². The van der Waals surface area contributed by atoms with Crippen LogP contribution >= 0.6 is 22.1 Å². The third-order valence-electron chi connectivity index (χ3n) is 5.90. The van der Waals surface area contributed by atoms with Crippen LogP contribution in [0, 0.1) is 0 Å². The first-order chi connectivity index (χ1) is 15.5. The number of carbonyl (C=O) groups excluding carboxylic acids is 2. The van der Waals surface area contributed by atoms with E-state index >= 15 is 0 Å². The van der Waals surface area contributed by atoms with Gasteiger partial charge in [0.15, 0.2) is 21.1 Å². The lowest BCUT2D eigenvalue weighted by Crippen LogP contribution is -2.56. The summed E-state index contributed by atoms with van der Waals surface area (Å²) < 4.78 is 11.5. The summed E-state index contributed by atoms with van der Waals surface area (Å²) >= 11 is 1.37. The van der Waals surface area contributed by atoms with E-state index < -0.39 is 49.8 Å². The number of thiazole rings is 1. The molecule has 180 valence electrons. The van der Waals surface area contributed by atoms with E-state index in [1.54, 1.807) is 32.1 Å². The van der Waals surface area contributed by atoms with E-state index in [0.717, 1.165) is 0 Å². The van der Waals surface area contributed by atoms with Crippen molar-refractivity contribution in [3.05, 3.63) is 46.0 Å². The van der Waals surface area contributed by atoms with E-state index in [-0.39, 0.29) is 19.3 Å². The second kappa shape index (κ2) is 10.4. The fourth-order valence-corrected chi connectivity index (χ4v) is 8.47. The van der Waals surface area contributed by atoms with Crippen molar-refractivity contribution in [3.8, 4) is 0 Å². The highest BCUT2D eigenvalue weighted by Crippen LogP contribution is 2.52. The van der Waals surface area contributed by atoms with E-state index in [1.165, 1.54) is 30.4 Å². The van der Waals surface area contributed by atoms with Gasteiger partial charge in [-0.3, -0.25) is 9.59 Å². The van der Waals surface area contributed by atoms with E-state index in [4.69, 9.17) is 0 Å². The number of hydrogen-bond donors (Lipinski definition) is 4. The Morgan fingerprint density at radius 3 is 2.67 bits per heavy atom. The molecular weight excluding hydrogens is 484 g/mol. The molecule has 6 atom stereocenters. The number of nitrogens with zero attached hydrogens (tertiary/aromatic N) is 1. The van der Waals surface area contributed by atoms with E-state index in [9.17, 15) is 29.5 Å². The lowest BCUT2D eigenvalue weighted by Gasteiger charge is -2.35. The number of carbonyl (C=O) groups is 2. The maximum absolute atomic E-state index is 13.0. The van der Waals surface area contributed by atoms with E-state index in [0.29, 0.717) is 27.1 Å². The summed E-state index contributed by atoms with van der Waals surface area (Å²) in [5.74, 6) is -0.445. The van der Waals surface area contributed by atoms with Crippen LogP contribution in [-0.4, -0.2) is 58.4 Å². The number of aromatic nitrogens is 1. The molecule has 0 aromatic carbocycles. The first-order valence-electron chi connectivity index (χ1n) is 10.5. The minimum absolute atomic E-state index is 0.0816. The minimum atomic E-state index is -1.97. The zero-order valence-electron chi connectivity index (χ0n) is 18.6. The topological polar surface area (TPSA) is 143 Å². The Morgan fingerprint density at radius 1 is 1.27 bits per heavy atom. The highest BCUT2D eigenvalue weighted by molar-refractivity contribution is 8.79. The van der Waals surface area contributed by atoms with Crippen LogP contribution < -0.4 is 5.32 Å². The lowest BCUT2D eigenvalue weighted by atomic mass is 9.81. The maximum atomic E-state index is 13.0. The van der Waals surface area contributed by atoms with Crippen molar-refractivity contribution in [2.75, 3.05) is 0 Å². The van der Waals surface area contributed by atoms with Crippen LogP contribution in [0.3, 0.4) is 0 Å². The van der Waals surface area contributed by atoms with Gasteiger partial charge in [-0.05, 0) is 33.3 Å². The molecule has 2 bridgehead atoms. The second-order valence-corrected chi connectivity index (χ2v) is 12.6. The molecule has 1 spiro atoms. The van der Waals surface area contributed by atoms with Gasteiger partial charge in [0.25, 0.3) is 5.12 Å². The first kappa shape index (κ1) is 26.1. The van der Waals surface area contributed by atoms with Gasteiger partial charge in [0.05, 0.1) is 18.2 Å². The fourth-order valence-electron chi connectivity index (χ4n) is 3.73. The summed E-state index contributed by atoms with van der Waals surface area (Å²) in [7, 11) is -1.30. The van der Waals surface area contributed by atoms with Gasteiger partial charge in [-0.1, -0.05) is 29.9 Å². The Morgan fingerprint density at radius 2 is 2.00 bits per heavy atom. The molecule has 0 aliphatic carbocycles. The van der Waals surface area contributed by atoms with Gasteiger partial charge in [0.1, 0.15) is 17.2 Å². The molecule has 0 saturated carbocycles. The average Bonchev–Trinajstić information content (AvgIpc) is 3.27. The fraction of sp³-hybridized carbons (Fsp3) is 0.500. The van der Waals surface area contributed by atoms with Crippen LogP contribution in [0.1, 0.15) is 56.8 Å². The van der Waals surface area contributed by atoms with Crippen LogP contribution in [0.2, 0.25) is 0 Å². The predicted molar refractivity (Wildman–Crippen MR) is 131 cm³/mol. The Balaban J connectivity index is 1.98. The highest BCUT2D eigenvalue weighted by atomic mass is 33.1. The average molecular weight is 513 g/mol.